The minimum absolute atomic E-state index is 0.169. The Morgan fingerprint density at radius 3 is 2.17 bits per heavy atom. The van der Waals surface area contributed by atoms with Crippen LogP contribution in [-0.4, -0.2) is 20.6 Å². The standard InChI is InChI=1S/C21H17Cl2FN2O3S/c1-30(28,29)26(13-15-4-2-3-5-20(15)24)19-8-6-14(7-9-19)21(27)25-18-11-16(22)10-17(23)12-18/h2-12H,13H2,1H3,(H,25,27). The summed E-state index contributed by atoms with van der Waals surface area (Å²) >= 11 is 11.9. The van der Waals surface area contributed by atoms with Crippen molar-refractivity contribution in [2.75, 3.05) is 15.9 Å². The minimum atomic E-state index is -3.69. The Bertz CT molecular complexity index is 1160. The van der Waals surface area contributed by atoms with E-state index in [9.17, 15) is 17.6 Å². The van der Waals surface area contributed by atoms with Crippen LogP contribution >= 0.6 is 23.2 Å². The Hall–Kier alpha value is -2.61. The predicted octanol–water partition coefficient (Wildman–Crippen LogP) is 5.35. The average molecular weight is 467 g/mol. The molecule has 1 N–H and O–H groups in total. The summed E-state index contributed by atoms with van der Waals surface area (Å²) in [5, 5.41) is 3.44. The third-order valence-electron chi connectivity index (χ3n) is 4.21. The molecule has 3 aromatic carbocycles. The molecule has 9 heteroatoms. The molecular weight excluding hydrogens is 450 g/mol. The molecule has 5 nitrogen and oxygen atoms in total. The van der Waals surface area contributed by atoms with Crippen LogP contribution < -0.4 is 9.62 Å². The zero-order chi connectivity index (χ0) is 21.9. The molecule has 0 aliphatic carbocycles. The van der Waals surface area contributed by atoms with E-state index in [0.717, 1.165) is 10.6 Å². The number of amides is 1. The lowest BCUT2D eigenvalue weighted by atomic mass is 10.1. The number of rotatable bonds is 6. The first kappa shape index (κ1) is 22.1. The van der Waals surface area contributed by atoms with Gasteiger partial charge in [-0.05, 0) is 48.5 Å². The van der Waals surface area contributed by atoms with Gasteiger partial charge in [-0.15, -0.1) is 0 Å². The maximum atomic E-state index is 14.0. The quantitative estimate of drug-likeness (QED) is 0.532. The summed E-state index contributed by atoms with van der Waals surface area (Å²) in [4.78, 5) is 12.5. The average Bonchev–Trinajstić information content (AvgIpc) is 2.66. The molecule has 0 bridgehead atoms. The summed E-state index contributed by atoms with van der Waals surface area (Å²) < 4.78 is 39.6. The van der Waals surface area contributed by atoms with Crippen LogP contribution in [0.5, 0.6) is 0 Å². The van der Waals surface area contributed by atoms with Gasteiger partial charge in [-0.25, -0.2) is 12.8 Å². The van der Waals surface area contributed by atoms with E-state index in [1.54, 1.807) is 24.3 Å². The highest BCUT2D eigenvalue weighted by atomic mass is 35.5. The molecule has 0 saturated carbocycles. The lowest BCUT2D eigenvalue weighted by Crippen LogP contribution is -2.29. The zero-order valence-corrected chi connectivity index (χ0v) is 18.1. The molecule has 0 aliphatic heterocycles. The van der Waals surface area contributed by atoms with Gasteiger partial charge in [0.25, 0.3) is 5.91 Å². The SMILES string of the molecule is CS(=O)(=O)N(Cc1ccccc1F)c1ccc(C(=O)Nc2cc(Cl)cc(Cl)c2)cc1. The molecule has 0 aromatic heterocycles. The molecule has 0 unspecified atom stereocenters. The van der Waals surface area contributed by atoms with E-state index in [0.29, 0.717) is 27.0 Å². The van der Waals surface area contributed by atoms with E-state index in [4.69, 9.17) is 23.2 Å². The fourth-order valence-corrected chi connectivity index (χ4v) is 4.19. The molecule has 156 valence electrons. The van der Waals surface area contributed by atoms with Crippen LogP contribution in [0.4, 0.5) is 15.8 Å². The molecule has 0 atom stereocenters. The lowest BCUT2D eigenvalue weighted by molar-refractivity contribution is 0.102. The largest absolute Gasteiger partial charge is 0.322 e. The zero-order valence-electron chi connectivity index (χ0n) is 15.8. The van der Waals surface area contributed by atoms with Gasteiger partial charge in [0.2, 0.25) is 10.0 Å². The van der Waals surface area contributed by atoms with Crippen molar-refractivity contribution in [3.63, 3.8) is 0 Å². The van der Waals surface area contributed by atoms with E-state index >= 15 is 0 Å². The first-order valence-corrected chi connectivity index (χ1v) is 11.3. The Labute approximate surface area is 184 Å². The number of hydrogen-bond acceptors (Lipinski definition) is 3. The Balaban J connectivity index is 1.82. The summed E-state index contributed by atoms with van der Waals surface area (Å²) in [5.41, 5.74) is 1.28. The van der Waals surface area contributed by atoms with Crippen molar-refractivity contribution in [2.24, 2.45) is 0 Å². The number of halogens is 3. The molecule has 0 heterocycles. The van der Waals surface area contributed by atoms with Crippen molar-refractivity contribution in [3.05, 3.63) is 93.7 Å². The number of anilines is 2. The van der Waals surface area contributed by atoms with Crippen LogP contribution in [0.1, 0.15) is 15.9 Å². The fraction of sp³-hybridized carbons (Fsp3) is 0.0952. The summed E-state index contributed by atoms with van der Waals surface area (Å²) in [5.74, 6) is -0.915. The van der Waals surface area contributed by atoms with Crippen LogP contribution in [0.3, 0.4) is 0 Å². The second-order valence-electron chi connectivity index (χ2n) is 6.52. The number of sulfonamides is 1. The van der Waals surface area contributed by atoms with Crippen molar-refractivity contribution in [3.8, 4) is 0 Å². The summed E-state index contributed by atoms with van der Waals surface area (Å²) in [7, 11) is -3.69. The normalized spacial score (nSPS) is 11.2. The van der Waals surface area contributed by atoms with E-state index < -0.39 is 21.7 Å². The number of nitrogens with zero attached hydrogens (tertiary/aromatic N) is 1. The van der Waals surface area contributed by atoms with Gasteiger partial charge in [-0.2, -0.15) is 0 Å². The van der Waals surface area contributed by atoms with Crippen LogP contribution in [0.25, 0.3) is 0 Å². The monoisotopic (exact) mass is 466 g/mol. The molecule has 0 saturated heterocycles. The van der Waals surface area contributed by atoms with Crippen LogP contribution in [-0.2, 0) is 16.6 Å². The van der Waals surface area contributed by atoms with Crippen LogP contribution in [0.2, 0.25) is 10.0 Å². The van der Waals surface area contributed by atoms with Gasteiger partial charge in [-0.1, -0.05) is 41.4 Å². The second-order valence-corrected chi connectivity index (χ2v) is 9.30. The third kappa shape index (κ3) is 5.50. The molecular formula is C21H17Cl2FN2O3S. The van der Waals surface area contributed by atoms with Gasteiger partial charge >= 0.3 is 0 Å². The van der Waals surface area contributed by atoms with Gasteiger partial charge in [-0.3, -0.25) is 9.10 Å². The lowest BCUT2D eigenvalue weighted by Gasteiger charge is -2.23. The molecule has 0 spiro atoms. The van der Waals surface area contributed by atoms with Gasteiger partial charge in [0.05, 0.1) is 18.5 Å². The third-order valence-corrected chi connectivity index (χ3v) is 5.79. The molecule has 0 fully saturated rings. The molecule has 0 aliphatic rings. The van der Waals surface area contributed by atoms with E-state index in [-0.39, 0.29) is 12.1 Å². The van der Waals surface area contributed by atoms with E-state index in [1.165, 1.54) is 42.5 Å². The molecule has 30 heavy (non-hydrogen) atoms. The number of hydrogen-bond donors (Lipinski definition) is 1. The number of nitrogens with one attached hydrogen (secondary N) is 1. The van der Waals surface area contributed by atoms with Gasteiger partial charge < -0.3 is 5.32 Å². The molecule has 1 amide bonds. The van der Waals surface area contributed by atoms with Crippen molar-refractivity contribution in [2.45, 2.75) is 6.54 Å². The number of carbonyl (C=O) groups is 1. The summed E-state index contributed by atoms with van der Waals surface area (Å²) in [6.07, 6.45) is 1.04. The van der Waals surface area contributed by atoms with Crippen molar-refractivity contribution in [1.29, 1.82) is 0 Å². The molecule has 3 rings (SSSR count). The van der Waals surface area contributed by atoms with E-state index in [2.05, 4.69) is 5.32 Å². The van der Waals surface area contributed by atoms with Crippen molar-refractivity contribution in [1.82, 2.24) is 0 Å². The number of benzene rings is 3. The van der Waals surface area contributed by atoms with Gasteiger partial charge in [0.15, 0.2) is 0 Å². The summed E-state index contributed by atoms with van der Waals surface area (Å²) in [6.45, 7) is -0.169. The smallest absolute Gasteiger partial charge is 0.255 e. The molecule has 3 aromatic rings. The maximum Gasteiger partial charge on any atom is 0.255 e. The first-order valence-electron chi connectivity index (χ1n) is 8.72. The van der Waals surface area contributed by atoms with Crippen LogP contribution in [0.15, 0.2) is 66.7 Å². The molecule has 0 radical (unpaired) electrons. The second kappa shape index (κ2) is 9.04. The maximum absolute atomic E-state index is 14.0. The Kier molecular flexibility index (Phi) is 6.65. The fourth-order valence-electron chi connectivity index (χ4n) is 2.79. The highest BCUT2D eigenvalue weighted by Crippen LogP contribution is 2.25. The van der Waals surface area contributed by atoms with Crippen molar-refractivity contribution >= 4 is 50.5 Å². The predicted molar refractivity (Wildman–Crippen MR) is 118 cm³/mol. The van der Waals surface area contributed by atoms with Crippen LogP contribution in [0, 0.1) is 5.82 Å². The Morgan fingerprint density at radius 2 is 1.60 bits per heavy atom. The number of carbonyl (C=O) groups excluding carboxylic acids is 1. The highest BCUT2D eigenvalue weighted by Gasteiger charge is 2.20. The van der Waals surface area contributed by atoms with Gasteiger partial charge in [0.1, 0.15) is 5.82 Å². The van der Waals surface area contributed by atoms with Crippen molar-refractivity contribution < 1.29 is 17.6 Å². The highest BCUT2D eigenvalue weighted by molar-refractivity contribution is 7.92. The summed E-state index contributed by atoms with van der Waals surface area (Å²) in [6, 6.07) is 16.5. The van der Waals surface area contributed by atoms with E-state index in [1.807, 2.05) is 0 Å². The first-order chi connectivity index (χ1) is 14.1. The topological polar surface area (TPSA) is 66.5 Å². The van der Waals surface area contributed by atoms with Gasteiger partial charge in [0, 0.05) is 26.9 Å². The Morgan fingerprint density at radius 1 is 1.00 bits per heavy atom. The minimum Gasteiger partial charge on any atom is -0.322 e.